The lowest BCUT2D eigenvalue weighted by molar-refractivity contribution is -0.118. The molecule has 24 heavy (non-hydrogen) atoms. The summed E-state index contributed by atoms with van der Waals surface area (Å²) in [5, 5.41) is 2.82. The zero-order valence-electron chi connectivity index (χ0n) is 13.5. The van der Waals surface area contributed by atoms with Gasteiger partial charge in [0.05, 0.1) is 0 Å². The fourth-order valence-electron chi connectivity index (χ4n) is 3.02. The molecular weight excluding hydrogens is 307 g/mol. The number of rotatable bonds is 4. The number of benzene rings is 2. The predicted octanol–water partition coefficient (Wildman–Crippen LogP) is 3.05. The normalized spacial score (nSPS) is 12.8. The molecule has 5 heteroatoms. The van der Waals surface area contributed by atoms with Crippen molar-refractivity contribution in [1.29, 1.82) is 0 Å². The number of nitrogens with zero attached hydrogens (tertiary/aromatic N) is 1. The van der Waals surface area contributed by atoms with Crippen LogP contribution in [0.3, 0.4) is 0 Å². The Morgan fingerprint density at radius 1 is 1.21 bits per heavy atom. The van der Waals surface area contributed by atoms with Crippen LogP contribution in [0.1, 0.15) is 34.8 Å². The number of carbonyl (C=O) groups is 2. The van der Waals surface area contributed by atoms with Gasteiger partial charge < -0.3 is 10.2 Å². The van der Waals surface area contributed by atoms with Crippen molar-refractivity contribution in [3.05, 3.63) is 65.0 Å². The van der Waals surface area contributed by atoms with Gasteiger partial charge in [0, 0.05) is 30.8 Å². The number of amides is 2. The third-order valence-corrected chi connectivity index (χ3v) is 4.22. The zero-order valence-corrected chi connectivity index (χ0v) is 13.5. The highest BCUT2D eigenvalue weighted by atomic mass is 19.1. The van der Waals surface area contributed by atoms with Crippen LogP contribution in [0.2, 0.25) is 0 Å². The molecule has 2 aromatic carbocycles. The first-order chi connectivity index (χ1) is 11.6. The molecule has 0 fully saturated rings. The van der Waals surface area contributed by atoms with E-state index in [0.717, 1.165) is 11.3 Å². The summed E-state index contributed by atoms with van der Waals surface area (Å²) >= 11 is 0. The van der Waals surface area contributed by atoms with Gasteiger partial charge in [-0.2, -0.15) is 0 Å². The fourth-order valence-corrected chi connectivity index (χ4v) is 3.02. The van der Waals surface area contributed by atoms with Crippen LogP contribution in [0.25, 0.3) is 0 Å². The Hall–Kier alpha value is -2.69. The molecule has 2 amide bonds. The highest BCUT2D eigenvalue weighted by Crippen LogP contribution is 2.31. The minimum Gasteiger partial charge on any atom is -0.348 e. The number of halogens is 1. The van der Waals surface area contributed by atoms with Crippen LogP contribution < -0.4 is 10.2 Å². The van der Waals surface area contributed by atoms with E-state index in [1.165, 1.54) is 12.1 Å². The Balaban J connectivity index is 1.77. The standard InChI is InChI=1S/C19H19FN2O2/c1-2-18(23)22-10-9-15-16(7-4-8-17(15)22)19(24)21-12-13-5-3-6-14(20)11-13/h3-8,11H,2,9-10,12H2,1H3,(H,21,24). The van der Waals surface area contributed by atoms with Crippen molar-refractivity contribution in [3.63, 3.8) is 0 Å². The first-order valence-electron chi connectivity index (χ1n) is 8.05. The zero-order chi connectivity index (χ0) is 17.1. The van der Waals surface area contributed by atoms with Gasteiger partial charge in [-0.25, -0.2) is 4.39 Å². The molecule has 1 aliphatic rings. The quantitative estimate of drug-likeness (QED) is 0.939. The smallest absolute Gasteiger partial charge is 0.251 e. The molecule has 0 radical (unpaired) electrons. The molecular formula is C19H19FN2O2. The van der Waals surface area contributed by atoms with E-state index in [1.807, 2.05) is 13.0 Å². The molecule has 0 unspecified atom stereocenters. The van der Waals surface area contributed by atoms with Gasteiger partial charge in [0.1, 0.15) is 5.82 Å². The Morgan fingerprint density at radius 3 is 2.75 bits per heavy atom. The Morgan fingerprint density at radius 2 is 2.00 bits per heavy atom. The van der Waals surface area contributed by atoms with Crippen LogP contribution in [0.4, 0.5) is 10.1 Å². The molecule has 3 rings (SSSR count). The summed E-state index contributed by atoms with van der Waals surface area (Å²) in [4.78, 5) is 26.2. The molecule has 4 nitrogen and oxygen atoms in total. The lowest BCUT2D eigenvalue weighted by Crippen LogP contribution is -2.27. The number of nitrogens with one attached hydrogen (secondary N) is 1. The summed E-state index contributed by atoms with van der Waals surface area (Å²) in [6.07, 6.45) is 1.11. The van der Waals surface area contributed by atoms with E-state index in [2.05, 4.69) is 5.32 Å². The number of carbonyl (C=O) groups excluding carboxylic acids is 2. The van der Waals surface area contributed by atoms with Gasteiger partial charge in [0.25, 0.3) is 5.91 Å². The van der Waals surface area contributed by atoms with Gasteiger partial charge in [-0.15, -0.1) is 0 Å². The number of hydrogen-bond donors (Lipinski definition) is 1. The van der Waals surface area contributed by atoms with Gasteiger partial charge in [0.2, 0.25) is 5.91 Å². The summed E-state index contributed by atoms with van der Waals surface area (Å²) in [5.41, 5.74) is 3.00. The summed E-state index contributed by atoms with van der Waals surface area (Å²) in [5.74, 6) is -0.468. The Bertz CT molecular complexity index is 789. The highest BCUT2D eigenvalue weighted by Gasteiger charge is 2.27. The molecule has 0 spiro atoms. The lowest BCUT2D eigenvalue weighted by Gasteiger charge is -2.16. The molecule has 0 aromatic heterocycles. The third-order valence-electron chi connectivity index (χ3n) is 4.22. The van der Waals surface area contributed by atoms with Crippen LogP contribution in [0.15, 0.2) is 42.5 Å². The molecule has 0 bridgehead atoms. The summed E-state index contributed by atoms with van der Waals surface area (Å²) in [6, 6.07) is 11.6. The fraction of sp³-hybridized carbons (Fsp3) is 0.263. The molecule has 0 saturated heterocycles. The number of anilines is 1. The Labute approximate surface area is 140 Å². The van der Waals surface area contributed by atoms with Gasteiger partial charge in [-0.1, -0.05) is 25.1 Å². The van der Waals surface area contributed by atoms with E-state index in [0.29, 0.717) is 30.5 Å². The number of fused-ring (bicyclic) bond motifs is 1. The second-order valence-corrected chi connectivity index (χ2v) is 5.76. The maximum absolute atomic E-state index is 13.2. The lowest BCUT2D eigenvalue weighted by atomic mass is 10.0. The van der Waals surface area contributed by atoms with Crippen molar-refractivity contribution in [1.82, 2.24) is 5.32 Å². The van der Waals surface area contributed by atoms with E-state index in [9.17, 15) is 14.0 Å². The minimum atomic E-state index is -0.323. The van der Waals surface area contributed by atoms with Crippen LogP contribution in [-0.2, 0) is 17.8 Å². The van der Waals surface area contributed by atoms with Crippen molar-refractivity contribution in [2.75, 3.05) is 11.4 Å². The van der Waals surface area contributed by atoms with Crippen LogP contribution >= 0.6 is 0 Å². The molecule has 124 valence electrons. The van der Waals surface area contributed by atoms with Gasteiger partial charge in [-0.05, 0) is 41.8 Å². The van der Waals surface area contributed by atoms with Gasteiger partial charge in [-0.3, -0.25) is 9.59 Å². The van der Waals surface area contributed by atoms with E-state index in [-0.39, 0.29) is 24.2 Å². The van der Waals surface area contributed by atoms with Gasteiger partial charge >= 0.3 is 0 Å². The summed E-state index contributed by atoms with van der Waals surface area (Å²) < 4.78 is 13.2. The van der Waals surface area contributed by atoms with Crippen LogP contribution in [-0.4, -0.2) is 18.4 Å². The van der Waals surface area contributed by atoms with E-state index >= 15 is 0 Å². The Kier molecular flexibility index (Phi) is 4.60. The second-order valence-electron chi connectivity index (χ2n) is 5.76. The number of hydrogen-bond acceptors (Lipinski definition) is 2. The van der Waals surface area contributed by atoms with Crippen LogP contribution in [0, 0.1) is 5.82 Å². The summed E-state index contributed by atoms with van der Waals surface area (Å²) in [7, 11) is 0. The van der Waals surface area contributed by atoms with E-state index < -0.39 is 0 Å². The van der Waals surface area contributed by atoms with Crippen molar-refractivity contribution < 1.29 is 14.0 Å². The van der Waals surface area contributed by atoms with Gasteiger partial charge in [0.15, 0.2) is 0 Å². The predicted molar refractivity (Wildman–Crippen MR) is 90.4 cm³/mol. The van der Waals surface area contributed by atoms with Crippen molar-refractivity contribution in [2.24, 2.45) is 0 Å². The molecule has 0 aliphatic carbocycles. The average Bonchev–Trinajstić information content (AvgIpc) is 3.03. The molecule has 0 atom stereocenters. The topological polar surface area (TPSA) is 49.4 Å². The first kappa shape index (κ1) is 16.2. The van der Waals surface area contributed by atoms with Crippen LogP contribution in [0.5, 0.6) is 0 Å². The van der Waals surface area contributed by atoms with Crippen molar-refractivity contribution in [3.8, 4) is 0 Å². The molecule has 1 N–H and O–H groups in total. The highest BCUT2D eigenvalue weighted by molar-refractivity contribution is 6.01. The molecule has 1 aliphatic heterocycles. The summed E-state index contributed by atoms with van der Waals surface area (Å²) in [6.45, 7) is 2.70. The van der Waals surface area contributed by atoms with E-state index in [1.54, 1.807) is 29.2 Å². The SMILES string of the molecule is CCC(=O)N1CCc2c(C(=O)NCc3cccc(F)c3)cccc21. The minimum absolute atomic E-state index is 0.0612. The largest absolute Gasteiger partial charge is 0.348 e. The maximum atomic E-state index is 13.2. The van der Waals surface area contributed by atoms with E-state index in [4.69, 9.17) is 0 Å². The second kappa shape index (κ2) is 6.83. The maximum Gasteiger partial charge on any atom is 0.251 e. The molecule has 1 heterocycles. The molecule has 0 saturated carbocycles. The van der Waals surface area contributed by atoms with Crippen molar-refractivity contribution >= 4 is 17.5 Å². The third kappa shape index (κ3) is 3.15. The average molecular weight is 326 g/mol. The first-order valence-corrected chi connectivity index (χ1v) is 8.05. The monoisotopic (exact) mass is 326 g/mol. The molecule has 2 aromatic rings. The van der Waals surface area contributed by atoms with Crippen molar-refractivity contribution in [2.45, 2.75) is 26.3 Å².